The molecule has 11 heteroatoms. The number of morpholine rings is 1. The lowest BCUT2D eigenvalue weighted by Gasteiger charge is -2.28. The summed E-state index contributed by atoms with van der Waals surface area (Å²) in [6.45, 7) is -0.0667. The first-order valence-corrected chi connectivity index (χ1v) is 9.28. The van der Waals surface area contributed by atoms with Crippen molar-refractivity contribution in [3.63, 3.8) is 0 Å². The topological polar surface area (TPSA) is 85.5 Å². The standard InChI is InChI=1S/C19H15F3N6O2/c20-19(21,22)9-28-18-15(6-24-28)17(27-7-14-5-13(27)8-30-14)25-16(26-18)11-1-3-12(4-2-11)23-10-29/h1-4,6,13-14H,5,7-9H2/t13-,14-/m0/s1. The monoisotopic (exact) mass is 416 g/mol. The van der Waals surface area contributed by atoms with E-state index in [1.165, 1.54) is 12.3 Å². The number of aliphatic imine (C=N–C) groups is 1. The molecule has 154 valence electrons. The van der Waals surface area contributed by atoms with Gasteiger partial charge in [-0.2, -0.15) is 23.3 Å². The number of fused-ring (bicyclic) bond motifs is 3. The maximum absolute atomic E-state index is 13.0. The summed E-state index contributed by atoms with van der Waals surface area (Å²) in [6.07, 6.45) is -0.637. The largest absolute Gasteiger partial charge is 0.408 e. The highest BCUT2D eigenvalue weighted by molar-refractivity contribution is 5.89. The van der Waals surface area contributed by atoms with Crippen molar-refractivity contribution in [1.82, 2.24) is 19.7 Å². The van der Waals surface area contributed by atoms with Crippen LogP contribution >= 0.6 is 0 Å². The molecule has 0 radical (unpaired) electrons. The molecular formula is C19H15F3N6O2. The SMILES string of the molecule is O=C=Nc1ccc(-c2nc(N3C[C@@H]4C[C@H]3CO4)c3cnn(CC(F)(F)F)c3n2)cc1. The highest BCUT2D eigenvalue weighted by Crippen LogP contribution is 2.36. The smallest absolute Gasteiger partial charge is 0.374 e. The Labute approximate surface area is 168 Å². The second kappa shape index (κ2) is 6.89. The molecule has 2 bridgehead atoms. The molecule has 1 aromatic carbocycles. The molecule has 0 saturated carbocycles. The molecule has 0 unspecified atom stereocenters. The number of hydrogen-bond donors (Lipinski definition) is 0. The average Bonchev–Trinajstić information content (AvgIpc) is 3.43. The number of ether oxygens (including phenoxy) is 1. The maximum Gasteiger partial charge on any atom is 0.408 e. The van der Waals surface area contributed by atoms with Crippen LogP contribution in [0.2, 0.25) is 0 Å². The fourth-order valence-corrected chi connectivity index (χ4v) is 3.97. The van der Waals surface area contributed by atoms with Crippen LogP contribution < -0.4 is 4.90 Å². The summed E-state index contributed by atoms with van der Waals surface area (Å²) in [6, 6.07) is 6.62. The zero-order valence-corrected chi connectivity index (χ0v) is 15.5. The van der Waals surface area contributed by atoms with E-state index in [0.717, 1.165) is 11.1 Å². The Hall–Kier alpha value is -3.30. The number of alkyl halides is 3. The fourth-order valence-electron chi connectivity index (χ4n) is 3.97. The van der Waals surface area contributed by atoms with Gasteiger partial charge in [0.25, 0.3) is 0 Å². The Kier molecular flexibility index (Phi) is 4.30. The van der Waals surface area contributed by atoms with E-state index >= 15 is 0 Å². The quantitative estimate of drug-likeness (QED) is 0.480. The van der Waals surface area contributed by atoms with Gasteiger partial charge in [-0.25, -0.2) is 19.4 Å². The van der Waals surface area contributed by atoms with Crippen LogP contribution in [0.4, 0.5) is 24.7 Å². The Bertz CT molecular complexity index is 1150. The molecule has 2 aromatic heterocycles. The molecule has 30 heavy (non-hydrogen) atoms. The van der Waals surface area contributed by atoms with Crippen molar-refractivity contribution < 1.29 is 22.7 Å². The molecule has 4 heterocycles. The predicted octanol–water partition coefficient (Wildman–Crippen LogP) is 3.00. The lowest BCUT2D eigenvalue weighted by Crippen LogP contribution is -2.37. The lowest BCUT2D eigenvalue weighted by molar-refractivity contribution is -0.141. The molecule has 2 aliphatic rings. The van der Waals surface area contributed by atoms with Gasteiger partial charge in [0.15, 0.2) is 11.5 Å². The van der Waals surface area contributed by atoms with Crippen molar-refractivity contribution in [3.05, 3.63) is 30.5 Å². The molecule has 2 atom stereocenters. The van der Waals surface area contributed by atoms with E-state index in [2.05, 4.69) is 25.0 Å². The van der Waals surface area contributed by atoms with E-state index in [1.807, 2.05) is 0 Å². The van der Waals surface area contributed by atoms with Gasteiger partial charge in [0, 0.05) is 12.1 Å². The van der Waals surface area contributed by atoms with Gasteiger partial charge in [-0.15, -0.1) is 0 Å². The third-order valence-electron chi connectivity index (χ3n) is 5.28. The number of halogens is 3. The second-order valence-corrected chi connectivity index (χ2v) is 7.27. The first-order valence-electron chi connectivity index (χ1n) is 9.28. The van der Waals surface area contributed by atoms with Crippen molar-refractivity contribution in [2.24, 2.45) is 4.99 Å². The van der Waals surface area contributed by atoms with Gasteiger partial charge in [-0.3, -0.25) is 0 Å². The van der Waals surface area contributed by atoms with E-state index in [0.29, 0.717) is 35.6 Å². The molecule has 2 aliphatic heterocycles. The predicted molar refractivity (Wildman–Crippen MR) is 100 cm³/mol. The number of aromatic nitrogens is 4. The number of anilines is 1. The van der Waals surface area contributed by atoms with Crippen LogP contribution in [0, 0.1) is 0 Å². The molecule has 0 aliphatic carbocycles. The molecule has 8 nitrogen and oxygen atoms in total. The number of benzene rings is 1. The van der Waals surface area contributed by atoms with E-state index in [-0.39, 0.29) is 23.6 Å². The normalized spacial score (nSPS) is 20.7. The molecular weight excluding hydrogens is 401 g/mol. The molecule has 0 amide bonds. The summed E-state index contributed by atoms with van der Waals surface area (Å²) in [5.74, 6) is 0.820. The van der Waals surface area contributed by atoms with Crippen LogP contribution in [0.3, 0.4) is 0 Å². The molecule has 3 aromatic rings. The number of carbonyl (C=O) groups excluding carboxylic acids is 1. The van der Waals surface area contributed by atoms with E-state index in [1.54, 1.807) is 24.3 Å². The summed E-state index contributed by atoms with van der Waals surface area (Å²) in [7, 11) is 0. The first kappa shape index (κ1) is 18.7. The van der Waals surface area contributed by atoms with Crippen molar-refractivity contribution >= 4 is 28.6 Å². The first-order chi connectivity index (χ1) is 14.4. The van der Waals surface area contributed by atoms with Crippen LogP contribution in [0.1, 0.15) is 6.42 Å². The number of nitrogens with zero attached hydrogens (tertiary/aromatic N) is 6. The number of isocyanates is 1. The minimum Gasteiger partial charge on any atom is -0.374 e. The Morgan fingerprint density at radius 2 is 2.03 bits per heavy atom. The summed E-state index contributed by atoms with van der Waals surface area (Å²) in [5.41, 5.74) is 1.11. The van der Waals surface area contributed by atoms with Crippen LogP contribution in [0.5, 0.6) is 0 Å². The zero-order chi connectivity index (χ0) is 20.9. The van der Waals surface area contributed by atoms with Gasteiger partial charge >= 0.3 is 6.18 Å². The van der Waals surface area contributed by atoms with Gasteiger partial charge < -0.3 is 9.64 Å². The van der Waals surface area contributed by atoms with E-state index < -0.39 is 12.7 Å². The second-order valence-electron chi connectivity index (χ2n) is 7.27. The Morgan fingerprint density at radius 1 is 1.23 bits per heavy atom. The van der Waals surface area contributed by atoms with E-state index in [9.17, 15) is 18.0 Å². The Balaban J connectivity index is 1.64. The van der Waals surface area contributed by atoms with Crippen LogP contribution in [-0.4, -0.2) is 57.3 Å². The maximum atomic E-state index is 13.0. The minimum absolute atomic E-state index is 0.0918. The van der Waals surface area contributed by atoms with E-state index in [4.69, 9.17) is 4.74 Å². The van der Waals surface area contributed by atoms with Gasteiger partial charge in [0.1, 0.15) is 12.4 Å². The van der Waals surface area contributed by atoms with Crippen molar-refractivity contribution in [2.75, 3.05) is 18.1 Å². The van der Waals surface area contributed by atoms with Crippen molar-refractivity contribution in [2.45, 2.75) is 31.3 Å². The highest BCUT2D eigenvalue weighted by Gasteiger charge is 2.41. The summed E-state index contributed by atoms with van der Waals surface area (Å²) < 4.78 is 45.6. The van der Waals surface area contributed by atoms with Gasteiger partial charge in [-0.1, -0.05) is 0 Å². The van der Waals surface area contributed by atoms with Crippen LogP contribution in [0.25, 0.3) is 22.4 Å². The summed E-state index contributed by atoms with van der Waals surface area (Å²) in [4.78, 5) is 25.1. The molecule has 2 saturated heterocycles. The van der Waals surface area contributed by atoms with Crippen LogP contribution in [0.15, 0.2) is 35.5 Å². The minimum atomic E-state index is -4.43. The average molecular weight is 416 g/mol. The number of hydrogen-bond acceptors (Lipinski definition) is 7. The van der Waals surface area contributed by atoms with Gasteiger partial charge in [-0.05, 0) is 30.7 Å². The summed E-state index contributed by atoms with van der Waals surface area (Å²) >= 11 is 0. The van der Waals surface area contributed by atoms with Crippen LogP contribution in [-0.2, 0) is 16.1 Å². The third-order valence-corrected chi connectivity index (χ3v) is 5.28. The third kappa shape index (κ3) is 3.31. The van der Waals surface area contributed by atoms with Crippen molar-refractivity contribution in [3.8, 4) is 11.4 Å². The number of rotatable bonds is 4. The summed E-state index contributed by atoms with van der Waals surface area (Å²) in [5, 5.41) is 4.40. The fraction of sp³-hybridized carbons (Fsp3) is 0.368. The van der Waals surface area contributed by atoms with Gasteiger partial charge in [0.2, 0.25) is 6.08 Å². The zero-order valence-electron chi connectivity index (χ0n) is 15.5. The van der Waals surface area contributed by atoms with Gasteiger partial charge in [0.05, 0.1) is 36.0 Å². The van der Waals surface area contributed by atoms with Crippen molar-refractivity contribution in [1.29, 1.82) is 0 Å². The Morgan fingerprint density at radius 3 is 2.67 bits per heavy atom. The molecule has 0 spiro atoms. The lowest BCUT2D eigenvalue weighted by atomic mass is 10.2. The highest BCUT2D eigenvalue weighted by atomic mass is 19.4. The molecule has 5 rings (SSSR count). The molecule has 2 fully saturated rings. The molecule has 0 N–H and O–H groups in total.